The Morgan fingerprint density at radius 1 is 1.50 bits per heavy atom. The van der Waals surface area contributed by atoms with Crippen LogP contribution in [-0.4, -0.2) is 5.78 Å². The first-order valence-electron chi connectivity index (χ1n) is 3.26. The average molecular weight is 311 g/mol. The topological polar surface area (TPSA) is 17.1 Å². The van der Waals surface area contributed by atoms with Gasteiger partial charge in [-0.1, -0.05) is 20.3 Å². The van der Waals surface area contributed by atoms with Crippen LogP contribution < -0.4 is 0 Å². The zero-order chi connectivity index (χ0) is 7.49. The van der Waals surface area contributed by atoms with E-state index in [-0.39, 0.29) is 32.3 Å². The van der Waals surface area contributed by atoms with Crippen LogP contribution in [0, 0.1) is 12.3 Å². The van der Waals surface area contributed by atoms with E-state index in [1.807, 2.05) is 13.8 Å². The number of rotatable bonds is 3. The molecule has 0 aromatic carbocycles. The predicted molar refractivity (Wildman–Crippen MR) is 39.1 cm³/mol. The Balaban J connectivity index is 0. The first kappa shape index (κ1) is 13.0. The van der Waals surface area contributed by atoms with E-state index >= 15 is 0 Å². The summed E-state index contributed by atoms with van der Waals surface area (Å²) in [5.74, 6) is 0.256. The van der Waals surface area contributed by atoms with Gasteiger partial charge in [0.25, 0.3) is 0 Å². The Hall–Kier alpha value is 0.358. The summed E-state index contributed by atoms with van der Waals surface area (Å²) in [6.07, 6.45) is 1.55. The normalized spacial score (nSPS) is 10.4. The van der Waals surface area contributed by atoms with E-state index in [1.165, 1.54) is 0 Å². The number of hydrogen-bond acceptors (Lipinski definition) is 1. The van der Waals surface area contributed by atoms with Crippen molar-refractivity contribution in [1.29, 1.82) is 0 Å². The maximum atomic E-state index is 10.5. The Bertz CT molecular complexity index is 102. The van der Waals surface area contributed by atoms with Crippen molar-refractivity contribution in [1.82, 2.24) is 0 Å². The fourth-order valence-electron chi connectivity index (χ4n) is 0.514. The van der Waals surface area contributed by atoms with Gasteiger partial charge in [-0.05, 0) is 6.92 Å². The minimum absolute atomic E-state index is 0. The molecule has 0 saturated carbocycles. The standard InChI is InChI=1S/C8H15O.W/c1-7(9)5-6-8(2,3)4;/h2,5-6H2,1,3-4H3;/q-1;. The predicted octanol–water partition coefficient (Wildman–Crippen LogP) is 2.21. The Morgan fingerprint density at radius 3 is 2.00 bits per heavy atom. The first-order chi connectivity index (χ1) is 3.92. The molecule has 0 spiro atoms. The van der Waals surface area contributed by atoms with Crippen molar-refractivity contribution >= 4 is 5.78 Å². The van der Waals surface area contributed by atoms with Crippen molar-refractivity contribution in [2.24, 2.45) is 5.41 Å². The summed E-state index contributed by atoms with van der Waals surface area (Å²) in [6, 6.07) is 0. The fraction of sp³-hybridized carbons (Fsp3) is 0.750. The minimum Gasteiger partial charge on any atom is -0.338 e. The molecule has 0 aromatic rings. The van der Waals surface area contributed by atoms with Gasteiger partial charge in [0.05, 0.1) is 0 Å². The van der Waals surface area contributed by atoms with E-state index in [4.69, 9.17) is 0 Å². The molecule has 0 aromatic heterocycles. The second-order valence-electron chi connectivity index (χ2n) is 3.37. The van der Waals surface area contributed by atoms with Crippen LogP contribution in [0.25, 0.3) is 0 Å². The molecule has 0 aliphatic rings. The third-order valence-corrected chi connectivity index (χ3v) is 1.15. The molecule has 0 saturated heterocycles. The third kappa shape index (κ3) is 11.2. The van der Waals surface area contributed by atoms with Gasteiger partial charge in [-0.25, -0.2) is 0 Å². The molecule has 0 unspecified atom stereocenters. The summed E-state index contributed by atoms with van der Waals surface area (Å²) in [4.78, 5) is 10.5. The largest absolute Gasteiger partial charge is 0.338 e. The van der Waals surface area contributed by atoms with E-state index < -0.39 is 0 Å². The Morgan fingerprint density at radius 2 is 1.90 bits per heavy atom. The molecule has 0 bridgehead atoms. The second kappa shape index (κ2) is 5.07. The molecule has 0 fully saturated rings. The summed E-state index contributed by atoms with van der Waals surface area (Å²) < 4.78 is 0. The number of Topliss-reactive ketones (excluding diaryl/α,β-unsaturated/α-hetero) is 1. The smallest absolute Gasteiger partial charge is 0.129 e. The molecule has 10 heavy (non-hydrogen) atoms. The van der Waals surface area contributed by atoms with Crippen LogP contribution in [0.2, 0.25) is 0 Å². The average Bonchev–Trinajstić information content (AvgIpc) is 1.59. The van der Waals surface area contributed by atoms with Crippen LogP contribution in [0.1, 0.15) is 33.6 Å². The van der Waals surface area contributed by atoms with Crippen molar-refractivity contribution in [2.45, 2.75) is 33.6 Å². The van der Waals surface area contributed by atoms with E-state index in [1.54, 1.807) is 6.92 Å². The van der Waals surface area contributed by atoms with Gasteiger partial charge in [0.1, 0.15) is 5.78 Å². The van der Waals surface area contributed by atoms with Crippen LogP contribution in [0.3, 0.4) is 0 Å². The second-order valence-corrected chi connectivity index (χ2v) is 3.37. The summed E-state index contributed by atoms with van der Waals surface area (Å²) in [7, 11) is 0. The maximum absolute atomic E-state index is 10.5. The Kier molecular flexibility index (Phi) is 6.58. The van der Waals surface area contributed by atoms with Crippen LogP contribution in [0.5, 0.6) is 0 Å². The van der Waals surface area contributed by atoms with Crippen molar-refractivity contribution in [3.8, 4) is 0 Å². The van der Waals surface area contributed by atoms with Gasteiger partial charge >= 0.3 is 0 Å². The van der Waals surface area contributed by atoms with Gasteiger partial charge < -0.3 is 11.7 Å². The number of carbonyl (C=O) groups is 1. The zero-order valence-electron chi connectivity index (χ0n) is 6.94. The number of ketones is 1. The molecule has 0 aliphatic carbocycles. The van der Waals surface area contributed by atoms with Crippen LogP contribution in [0.4, 0.5) is 0 Å². The molecule has 0 amide bonds. The van der Waals surface area contributed by atoms with Crippen molar-refractivity contribution < 1.29 is 25.9 Å². The van der Waals surface area contributed by atoms with Gasteiger partial charge in [-0.2, -0.15) is 5.41 Å². The van der Waals surface area contributed by atoms with Gasteiger partial charge in [-0.15, -0.1) is 0 Å². The molecule has 0 atom stereocenters. The number of hydrogen-bond donors (Lipinski definition) is 0. The molecule has 0 N–H and O–H groups in total. The van der Waals surface area contributed by atoms with E-state index in [9.17, 15) is 4.79 Å². The van der Waals surface area contributed by atoms with E-state index in [2.05, 4.69) is 6.92 Å². The maximum Gasteiger partial charge on any atom is 0.129 e. The molecule has 1 nitrogen and oxygen atoms in total. The van der Waals surface area contributed by atoms with Crippen LogP contribution in [0.15, 0.2) is 0 Å². The van der Waals surface area contributed by atoms with Crippen molar-refractivity contribution in [2.75, 3.05) is 0 Å². The fourth-order valence-corrected chi connectivity index (χ4v) is 0.514. The zero-order valence-corrected chi connectivity index (χ0v) is 9.87. The van der Waals surface area contributed by atoms with Gasteiger partial charge in [0.15, 0.2) is 0 Å². The van der Waals surface area contributed by atoms with E-state index in [0.717, 1.165) is 6.42 Å². The third-order valence-electron chi connectivity index (χ3n) is 1.15. The molecule has 0 heterocycles. The van der Waals surface area contributed by atoms with Crippen molar-refractivity contribution in [3.63, 3.8) is 0 Å². The van der Waals surface area contributed by atoms with Gasteiger partial charge in [-0.3, -0.25) is 0 Å². The summed E-state index contributed by atoms with van der Waals surface area (Å²) >= 11 is 0. The summed E-state index contributed by atoms with van der Waals surface area (Å²) in [5, 5.41) is 0. The quantitative estimate of drug-likeness (QED) is 0.731. The summed E-state index contributed by atoms with van der Waals surface area (Å²) in [5.41, 5.74) is 0.0612. The van der Waals surface area contributed by atoms with Gasteiger partial charge in [0, 0.05) is 27.5 Å². The summed E-state index contributed by atoms with van der Waals surface area (Å²) in [6.45, 7) is 9.58. The first-order valence-corrected chi connectivity index (χ1v) is 3.26. The van der Waals surface area contributed by atoms with Gasteiger partial charge in [0.2, 0.25) is 0 Å². The molecule has 0 radical (unpaired) electrons. The molecule has 2 heteroatoms. The van der Waals surface area contributed by atoms with Crippen LogP contribution >= 0.6 is 0 Å². The Labute approximate surface area is 77.8 Å². The van der Waals surface area contributed by atoms with Crippen LogP contribution in [-0.2, 0) is 25.9 Å². The minimum atomic E-state index is 0. The molecular formula is C8H15OW-. The number of carbonyl (C=O) groups excluding carboxylic acids is 1. The van der Waals surface area contributed by atoms with E-state index in [0.29, 0.717) is 6.42 Å². The SMILES string of the molecule is [CH2-]C(C)(C)CCC(C)=O.[W]. The monoisotopic (exact) mass is 311 g/mol. The molecule has 0 aliphatic heterocycles. The molecule has 60 valence electrons. The molecular weight excluding hydrogens is 296 g/mol. The van der Waals surface area contributed by atoms with Crippen molar-refractivity contribution in [3.05, 3.63) is 6.92 Å². The molecule has 0 rings (SSSR count).